The predicted octanol–water partition coefficient (Wildman–Crippen LogP) is 2.45. The van der Waals surface area contributed by atoms with Crippen LogP contribution in [0.5, 0.6) is 5.75 Å². The molecule has 0 amide bonds. The van der Waals surface area contributed by atoms with Crippen LogP contribution in [0.15, 0.2) is 30.6 Å². The first kappa shape index (κ1) is 11.0. The summed E-state index contributed by atoms with van der Waals surface area (Å²) in [6, 6.07) is 8.25. The number of nitrogens with zero attached hydrogens (tertiary/aromatic N) is 3. The van der Waals surface area contributed by atoms with E-state index >= 15 is 0 Å². The molecule has 1 aromatic heterocycles. The van der Waals surface area contributed by atoms with E-state index < -0.39 is 0 Å². The monoisotopic (exact) mass is 341 g/mol. The molecule has 3 rings (SSSR count). The average Bonchev–Trinajstić information content (AvgIpc) is 2.75. The molecule has 0 aliphatic carbocycles. The van der Waals surface area contributed by atoms with Gasteiger partial charge in [0.2, 0.25) is 3.83 Å². The molecule has 5 heteroatoms. The summed E-state index contributed by atoms with van der Waals surface area (Å²) in [5.74, 6) is 1.48. The van der Waals surface area contributed by atoms with Crippen molar-refractivity contribution in [1.29, 1.82) is 0 Å². The van der Waals surface area contributed by atoms with Gasteiger partial charge in [0.05, 0.1) is 6.61 Å². The zero-order valence-electron chi connectivity index (χ0n) is 9.21. The van der Waals surface area contributed by atoms with Crippen LogP contribution in [0.2, 0.25) is 0 Å². The van der Waals surface area contributed by atoms with Crippen LogP contribution in [0.3, 0.4) is 0 Å². The van der Waals surface area contributed by atoms with E-state index in [1.165, 1.54) is 5.56 Å². The largest absolute Gasteiger partial charge is 0.493 e. The summed E-state index contributed by atoms with van der Waals surface area (Å²) in [5.41, 5.74) is 1.28. The fourth-order valence-electron chi connectivity index (χ4n) is 2.19. The van der Waals surface area contributed by atoms with Crippen molar-refractivity contribution in [1.82, 2.24) is 14.8 Å². The maximum absolute atomic E-state index is 5.65. The van der Waals surface area contributed by atoms with Gasteiger partial charge in [0, 0.05) is 35.1 Å². The molecule has 2 heterocycles. The van der Waals surface area contributed by atoms with Crippen LogP contribution in [0.1, 0.15) is 17.9 Å². The molecule has 88 valence electrons. The van der Waals surface area contributed by atoms with Gasteiger partial charge in [-0.25, -0.2) is 4.98 Å². The highest BCUT2D eigenvalue weighted by Crippen LogP contribution is 2.34. The molecule has 1 aromatic carbocycles. The molecule has 2 aromatic rings. The van der Waals surface area contributed by atoms with E-state index in [2.05, 4.69) is 44.8 Å². The first-order valence-electron chi connectivity index (χ1n) is 5.59. The first-order chi connectivity index (χ1) is 8.33. The van der Waals surface area contributed by atoms with E-state index in [4.69, 9.17) is 4.74 Å². The molecule has 0 bridgehead atoms. The summed E-state index contributed by atoms with van der Waals surface area (Å²) >= 11 is 2.13. The number of aromatic nitrogens is 3. The quantitative estimate of drug-likeness (QED) is 0.788. The van der Waals surface area contributed by atoms with Gasteiger partial charge in [0.25, 0.3) is 0 Å². The second kappa shape index (κ2) is 4.64. The van der Waals surface area contributed by atoms with Crippen LogP contribution in [-0.4, -0.2) is 21.4 Å². The van der Waals surface area contributed by atoms with E-state index in [-0.39, 0.29) is 0 Å². The summed E-state index contributed by atoms with van der Waals surface area (Å²) in [4.78, 5) is 4.15. The minimum Gasteiger partial charge on any atom is -0.493 e. The number of halogens is 1. The van der Waals surface area contributed by atoms with Crippen molar-refractivity contribution in [2.45, 2.75) is 18.9 Å². The van der Waals surface area contributed by atoms with Gasteiger partial charge in [-0.15, -0.1) is 5.10 Å². The lowest BCUT2D eigenvalue weighted by molar-refractivity contribution is 0.256. The van der Waals surface area contributed by atoms with Crippen LogP contribution in [0.25, 0.3) is 0 Å². The molecule has 0 N–H and O–H groups in total. The van der Waals surface area contributed by atoms with Crippen molar-refractivity contribution in [3.05, 3.63) is 40.0 Å². The molecular weight excluding hydrogens is 329 g/mol. The molecule has 1 unspecified atom stereocenters. The second-order valence-electron chi connectivity index (χ2n) is 4.11. The Kier molecular flexibility index (Phi) is 3.00. The lowest BCUT2D eigenvalue weighted by Crippen LogP contribution is -2.18. The standard InChI is InChI=1S/C12H12IN3O/c13-12-14-8-16(15-12)7-9-5-6-17-11-4-2-1-3-10(9)11/h1-4,8-9H,5-7H2. The number of fused-ring (bicyclic) bond motifs is 1. The van der Waals surface area contributed by atoms with Gasteiger partial charge in [-0.2, -0.15) is 0 Å². The van der Waals surface area contributed by atoms with E-state index in [1.54, 1.807) is 6.33 Å². The topological polar surface area (TPSA) is 39.9 Å². The van der Waals surface area contributed by atoms with Crippen LogP contribution in [0.4, 0.5) is 0 Å². The normalized spacial score (nSPS) is 18.5. The van der Waals surface area contributed by atoms with E-state index in [9.17, 15) is 0 Å². The fourth-order valence-corrected chi connectivity index (χ4v) is 2.59. The van der Waals surface area contributed by atoms with Gasteiger partial charge >= 0.3 is 0 Å². The summed E-state index contributed by atoms with van der Waals surface area (Å²) in [6.07, 6.45) is 2.83. The Labute approximate surface area is 113 Å². The molecule has 1 aliphatic heterocycles. The Bertz CT molecular complexity index is 526. The smallest absolute Gasteiger partial charge is 0.211 e. The predicted molar refractivity (Wildman–Crippen MR) is 72.0 cm³/mol. The van der Waals surface area contributed by atoms with E-state index in [1.807, 2.05) is 16.8 Å². The zero-order chi connectivity index (χ0) is 11.7. The van der Waals surface area contributed by atoms with Crippen molar-refractivity contribution in [3.8, 4) is 5.75 Å². The third kappa shape index (κ3) is 2.29. The summed E-state index contributed by atoms with van der Waals surface area (Å²) in [5, 5.41) is 4.33. The lowest BCUT2D eigenvalue weighted by atomic mass is 9.93. The molecule has 0 saturated heterocycles. The molecular formula is C12H12IN3O. The number of hydrogen-bond donors (Lipinski definition) is 0. The van der Waals surface area contributed by atoms with Crippen LogP contribution < -0.4 is 4.74 Å². The Morgan fingerprint density at radius 1 is 1.41 bits per heavy atom. The van der Waals surface area contributed by atoms with Crippen molar-refractivity contribution < 1.29 is 4.74 Å². The highest BCUT2D eigenvalue weighted by atomic mass is 127. The van der Waals surface area contributed by atoms with Crippen molar-refractivity contribution in [3.63, 3.8) is 0 Å². The number of para-hydroxylation sites is 1. The number of ether oxygens (including phenoxy) is 1. The third-order valence-corrected chi connectivity index (χ3v) is 3.49. The Morgan fingerprint density at radius 3 is 3.12 bits per heavy atom. The molecule has 1 atom stereocenters. The van der Waals surface area contributed by atoms with Gasteiger partial charge < -0.3 is 4.74 Å². The Balaban J connectivity index is 1.85. The van der Waals surface area contributed by atoms with Gasteiger partial charge in [0.15, 0.2) is 0 Å². The third-order valence-electron chi connectivity index (χ3n) is 3.00. The van der Waals surface area contributed by atoms with Gasteiger partial charge in [-0.3, -0.25) is 4.68 Å². The summed E-state index contributed by atoms with van der Waals surface area (Å²) in [6.45, 7) is 1.66. The second-order valence-corrected chi connectivity index (χ2v) is 5.07. The molecule has 0 fully saturated rings. The summed E-state index contributed by atoms with van der Waals surface area (Å²) in [7, 11) is 0. The van der Waals surface area contributed by atoms with Crippen molar-refractivity contribution in [2.75, 3.05) is 6.61 Å². The number of benzene rings is 1. The van der Waals surface area contributed by atoms with Crippen LogP contribution in [0, 0.1) is 3.83 Å². The highest BCUT2D eigenvalue weighted by Gasteiger charge is 2.21. The minimum absolute atomic E-state index is 0.470. The lowest BCUT2D eigenvalue weighted by Gasteiger charge is -2.25. The van der Waals surface area contributed by atoms with Gasteiger partial charge in [-0.05, 0) is 18.1 Å². The number of hydrogen-bond acceptors (Lipinski definition) is 3. The van der Waals surface area contributed by atoms with Crippen molar-refractivity contribution in [2.24, 2.45) is 0 Å². The average molecular weight is 341 g/mol. The van der Waals surface area contributed by atoms with E-state index in [0.29, 0.717) is 5.92 Å². The van der Waals surface area contributed by atoms with Crippen LogP contribution >= 0.6 is 22.6 Å². The summed E-state index contributed by atoms with van der Waals surface area (Å²) < 4.78 is 8.36. The molecule has 1 aliphatic rings. The van der Waals surface area contributed by atoms with Gasteiger partial charge in [-0.1, -0.05) is 18.2 Å². The fraction of sp³-hybridized carbons (Fsp3) is 0.333. The molecule has 0 saturated carbocycles. The van der Waals surface area contributed by atoms with Gasteiger partial charge in [0.1, 0.15) is 12.1 Å². The SMILES string of the molecule is Ic1ncn(CC2CCOc3ccccc32)n1. The Morgan fingerprint density at radius 2 is 2.29 bits per heavy atom. The maximum Gasteiger partial charge on any atom is 0.211 e. The molecule has 4 nitrogen and oxygen atoms in total. The van der Waals surface area contributed by atoms with Crippen LogP contribution in [-0.2, 0) is 6.54 Å². The first-order valence-corrected chi connectivity index (χ1v) is 6.67. The highest BCUT2D eigenvalue weighted by molar-refractivity contribution is 14.1. The van der Waals surface area contributed by atoms with Crippen molar-refractivity contribution >= 4 is 22.6 Å². The minimum atomic E-state index is 0.470. The molecule has 17 heavy (non-hydrogen) atoms. The maximum atomic E-state index is 5.65. The molecule has 0 spiro atoms. The number of rotatable bonds is 2. The zero-order valence-corrected chi connectivity index (χ0v) is 11.4. The van der Waals surface area contributed by atoms with E-state index in [0.717, 1.165) is 29.2 Å². The Hall–Kier alpha value is -1.11. The molecule has 0 radical (unpaired) electrons.